The Morgan fingerprint density at radius 1 is 1.16 bits per heavy atom. The van der Waals surface area contributed by atoms with Crippen LogP contribution in [0, 0.1) is 5.41 Å². The molecule has 31 heavy (non-hydrogen) atoms. The molecule has 0 amide bonds. The van der Waals surface area contributed by atoms with Crippen LogP contribution >= 0.6 is 0 Å². The lowest BCUT2D eigenvalue weighted by molar-refractivity contribution is -0.127. The molecular formula is C27H38N2O2. The van der Waals surface area contributed by atoms with Gasteiger partial charge in [0.05, 0.1) is 5.60 Å². The normalized spacial score (nSPS) is 27.8. The third-order valence-corrected chi connectivity index (χ3v) is 8.00. The van der Waals surface area contributed by atoms with Crippen LogP contribution in [0.1, 0.15) is 87.5 Å². The average molecular weight is 423 g/mol. The summed E-state index contributed by atoms with van der Waals surface area (Å²) in [6, 6.07) is 10.6. The number of likely N-dealkylation sites (tertiary alicyclic amines) is 1. The maximum absolute atomic E-state index is 12.4. The number of aromatic nitrogens is 1. The first kappa shape index (κ1) is 22.4. The van der Waals surface area contributed by atoms with Gasteiger partial charge in [-0.2, -0.15) is 0 Å². The summed E-state index contributed by atoms with van der Waals surface area (Å²) in [5.74, 6) is 0.749. The molecular weight excluding hydrogens is 384 g/mol. The highest BCUT2D eigenvalue weighted by atomic mass is 16.3. The summed E-state index contributed by atoms with van der Waals surface area (Å²) in [4.78, 5) is 6.83. The van der Waals surface area contributed by atoms with Crippen LogP contribution in [0.4, 0.5) is 0 Å². The molecule has 0 spiro atoms. The minimum absolute atomic E-state index is 0.290. The molecule has 2 unspecified atom stereocenters. The van der Waals surface area contributed by atoms with E-state index in [4.69, 9.17) is 0 Å². The second-order valence-electron chi connectivity index (χ2n) is 10.7. The van der Waals surface area contributed by atoms with Crippen LogP contribution in [-0.4, -0.2) is 45.8 Å². The second kappa shape index (κ2) is 7.99. The molecule has 1 saturated carbocycles. The first-order valence-electron chi connectivity index (χ1n) is 11.8. The van der Waals surface area contributed by atoms with E-state index < -0.39 is 11.2 Å². The van der Waals surface area contributed by atoms with E-state index in [-0.39, 0.29) is 5.41 Å². The zero-order chi connectivity index (χ0) is 22.4. The third-order valence-electron chi connectivity index (χ3n) is 8.00. The quantitative estimate of drug-likeness (QED) is 0.702. The van der Waals surface area contributed by atoms with Gasteiger partial charge in [0, 0.05) is 36.5 Å². The lowest BCUT2D eigenvalue weighted by atomic mass is 9.62. The summed E-state index contributed by atoms with van der Waals surface area (Å²) in [6.45, 7) is 10.3. The van der Waals surface area contributed by atoms with Gasteiger partial charge in [-0.3, -0.25) is 4.98 Å². The van der Waals surface area contributed by atoms with Gasteiger partial charge in [-0.25, -0.2) is 0 Å². The molecule has 1 saturated heterocycles. The van der Waals surface area contributed by atoms with Crippen molar-refractivity contribution in [2.24, 2.45) is 5.41 Å². The molecule has 4 rings (SSSR count). The Kier molecular flexibility index (Phi) is 5.78. The van der Waals surface area contributed by atoms with E-state index in [1.165, 1.54) is 5.56 Å². The van der Waals surface area contributed by atoms with Crippen molar-refractivity contribution in [2.75, 3.05) is 20.1 Å². The third kappa shape index (κ3) is 3.83. The Hall–Kier alpha value is -1.75. The van der Waals surface area contributed by atoms with Crippen molar-refractivity contribution in [3.63, 3.8) is 0 Å². The molecule has 1 aromatic heterocycles. The van der Waals surface area contributed by atoms with E-state index in [0.717, 1.165) is 55.5 Å². The Balaban J connectivity index is 1.75. The maximum Gasteiger partial charge on any atom is 0.124 e. The molecule has 2 heterocycles. The molecule has 4 heteroatoms. The monoisotopic (exact) mass is 422 g/mol. The Bertz CT molecular complexity index is 919. The predicted molar refractivity (Wildman–Crippen MR) is 125 cm³/mol. The molecule has 2 aliphatic rings. The van der Waals surface area contributed by atoms with E-state index >= 15 is 0 Å². The van der Waals surface area contributed by atoms with Crippen LogP contribution in [0.15, 0.2) is 42.7 Å². The molecule has 3 atom stereocenters. The minimum atomic E-state index is -1.11. The van der Waals surface area contributed by atoms with Crippen LogP contribution in [0.3, 0.4) is 0 Å². The molecule has 4 nitrogen and oxygen atoms in total. The van der Waals surface area contributed by atoms with Crippen LogP contribution in [0.2, 0.25) is 0 Å². The molecule has 1 aliphatic carbocycles. The molecule has 0 radical (unpaired) electrons. The van der Waals surface area contributed by atoms with E-state index in [1.54, 1.807) is 0 Å². The van der Waals surface area contributed by atoms with E-state index in [1.807, 2.05) is 12.4 Å². The largest absolute Gasteiger partial charge is 0.390 e. The van der Waals surface area contributed by atoms with Gasteiger partial charge in [0.25, 0.3) is 0 Å². The van der Waals surface area contributed by atoms with Gasteiger partial charge in [-0.15, -0.1) is 0 Å². The topological polar surface area (TPSA) is 56.6 Å². The number of aliphatic hydroxyl groups is 2. The smallest absolute Gasteiger partial charge is 0.124 e. The van der Waals surface area contributed by atoms with Crippen molar-refractivity contribution in [1.29, 1.82) is 0 Å². The molecule has 168 valence electrons. The van der Waals surface area contributed by atoms with Crippen LogP contribution in [0.25, 0.3) is 0 Å². The van der Waals surface area contributed by atoms with Gasteiger partial charge in [0.15, 0.2) is 0 Å². The Morgan fingerprint density at radius 3 is 2.39 bits per heavy atom. The summed E-state index contributed by atoms with van der Waals surface area (Å²) >= 11 is 0. The van der Waals surface area contributed by atoms with Crippen molar-refractivity contribution < 1.29 is 10.2 Å². The van der Waals surface area contributed by atoms with Gasteiger partial charge in [0.1, 0.15) is 5.60 Å². The lowest BCUT2D eigenvalue weighted by Gasteiger charge is -2.56. The zero-order valence-corrected chi connectivity index (χ0v) is 19.7. The number of nitrogens with zero attached hydrogens (tertiary/aromatic N) is 2. The maximum atomic E-state index is 12.4. The number of benzene rings is 1. The predicted octanol–water partition coefficient (Wildman–Crippen LogP) is 4.80. The summed E-state index contributed by atoms with van der Waals surface area (Å²) in [5, 5.41) is 23.1. The minimum Gasteiger partial charge on any atom is -0.390 e. The average Bonchev–Trinajstić information content (AvgIpc) is 3.15. The summed E-state index contributed by atoms with van der Waals surface area (Å²) in [5.41, 5.74) is 2.24. The lowest BCUT2D eigenvalue weighted by Crippen LogP contribution is -2.63. The Morgan fingerprint density at radius 2 is 1.84 bits per heavy atom. The fourth-order valence-electron chi connectivity index (χ4n) is 5.94. The van der Waals surface area contributed by atoms with Gasteiger partial charge in [-0.1, -0.05) is 52.0 Å². The molecule has 1 aliphatic heterocycles. The van der Waals surface area contributed by atoms with Crippen LogP contribution in [0.5, 0.6) is 0 Å². The SMILES string of the molecule is CCC1(O)CCC(c2cncc([C@@](O)(c3ccc(C(C)C)cc3)C3(C)CN(C)C3)c2)C1. The van der Waals surface area contributed by atoms with Crippen molar-refractivity contribution in [1.82, 2.24) is 9.88 Å². The first-order valence-corrected chi connectivity index (χ1v) is 11.8. The highest BCUT2D eigenvalue weighted by molar-refractivity contribution is 5.42. The molecule has 2 fully saturated rings. The fraction of sp³-hybridized carbons (Fsp3) is 0.593. The van der Waals surface area contributed by atoms with Gasteiger partial charge >= 0.3 is 0 Å². The summed E-state index contributed by atoms with van der Waals surface area (Å²) in [7, 11) is 2.10. The highest BCUT2D eigenvalue weighted by Gasteiger charge is 2.55. The molecule has 0 bridgehead atoms. The number of hydrogen-bond donors (Lipinski definition) is 2. The molecule has 2 aromatic rings. The van der Waals surface area contributed by atoms with Crippen LogP contribution in [-0.2, 0) is 5.60 Å². The van der Waals surface area contributed by atoms with Crippen molar-refractivity contribution in [3.05, 3.63) is 65.0 Å². The van der Waals surface area contributed by atoms with Crippen molar-refractivity contribution in [2.45, 2.75) is 76.4 Å². The number of pyridine rings is 1. The van der Waals surface area contributed by atoms with Gasteiger partial charge in [0.2, 0.25) is 0 Å². The first-order chi connectivity index (χ1) is 14.6. The summed E-state index contributed by atoms with van der Waals surface area (Å²) in [6.07, 6.45) is 7.12. The Labute approximate surface area is 187 Å². The van der Waals surface area contributed by atoms with Crippen LogP contribution < -0.4 is 0 Å². The van der Waals surface area contributed by atoms with Crippen molar-refractivity contribution >= 4 is 0 Å². The van der Waals surface area contributed by atoms with Gasteiger partial charge in [-0.05, 0) is 67.3 Å². The number of rotatable bonds is 6. The second-order valence-corrected chi connectivity index (χ2v) is 10.7. The van der Waals surface area contributed by atoms with Crippen molar-refractivity contribution in [3.8, 4) is 0 Å². The fourth-order valence-corrected chi connectivity index (χ4v) is 5.94. The molecule has 1 aromatic carbocycles. The van der Waals surface area contributed by atoms with E-state index in [2.05, 4.69) is 75.0 Å². The van der Waals surface area contributed by atoms with Gasteiger partial charge < -0.3 is 15.1 Å². The standard InChI is InChI=1S/C27H38N2O2/c1-6-26(30)12-11-21(14-26)22-13-24(16-28-15-22)27(31,25(4)17-29(5)18-25)23-9-7-20(8-10-23)19(2)3/h7-10,13,15-16,19,21,30-31H,6,11-12,14,17-18H2,1-5H3/t21?,26?,27-/m0/s1. The summed E-state index contributed by atoms with van der Waals surface area (Å²) < 4.78 is 0. The van der Waals surface area contributed by atoms with E-state index in [9.17, 15) is 10.2 Å². The highest BCUT2D eigenvalue weighted by Crippen LogP contribution is 2.51. The zero-order valence-electron chi connectivity index (χ0n) is 19.7. The molecule has 2 N–H and O–H groups in total. The number of hydrogen-bond acceptors (Lipinski definition) is 4. The van der Waals surface area contributed by atoms with E-state index in [0.29, 0.717) is 11.8 Å².